The molecule has 5 aromatic carbocycles. The number of H-pyrrole nitrogens is 2. The summed E-state index contributed by atoms with van der Waals surface area (Å²) < 4.78 is 31.9. The lowest BCUT2D eigenvalue weighted by Crippen LogP contribution is -2.29. The molecule has 0 radical (unpaired) electrons. The molecular formula is C43H40F2N6O2. The summed E-state index contributed by atoms with van der Waals surface area (Å²) in [6.07, 6.45) is 6.78. The largest absolute Gasteiger partial charge is 0.445 e. The van der Waals surface area contributed by atoms with Crippen LogP contribution in [0.15, 0.2) is 152 Å². The number of carbonyl (C=O) groups excluding carboxylic acids is 1. The Morgan fingerprint density at radius 2 is 1.04 bits per heavy atom. The van der Waals surface area contributed by atoms with E-state index < -0.39 is 6.09 Å². The number of likely N-dealkylation sites (N-methyl/N-ethyl adjacent to an activating group) is 1. The van der Waals surface area contributed by atoms with E-state index in [1.807, 2.05) is 86.2 Å². The van der Waals surface area contributed by atoms with Crippen molar-refractivity contribution in [1.82, 2.24) is 31.0 Å². The minimum atomic E-state index is -0.494. The lowest BCUT2D eigenvalue weighted by atomic mass is 9.90. The quantitative estimate of drug-likeness (QED) is 0.101. The summed E-state index contributed by atoms with van der Waals surface area (Å²) in [5.41, 5.74) is 9.35. The first-order valence-corrected chi connectivity index (χ1v) is 17.2. The molecule has 0 aliphatic heterocycles. The van der Waals surface area contributed by atoms with Gasteiger partial charge < -0.3 is 15.4 Å². The number of alkyl carbamates (subject to hydrolysis) is 1. The van der Waals surface area contributed by atoms with Crippen molar-refractivity contribution in [3.05, 3.63) is 192 Å². The Kier molecular flexibility index (Phi) is 12.5. The molecule has 10 heteroatoms. The van der Waals surface area contributed by atoms with Gasteiger partial charge in [-0.25, -0.2) is 13.6 Å². The molecule has 7 rings (SSSR count). The molecule has 53 heavy (non-hydrogen) atoms. The molecule has 0 fully saturated rings. The number of benzene rings is 5. The standard InChI is InChI=1S/C25H22FN3O2.C18H18FN3/c26-23-12-10-21(11-13-23)24(16-27-25(30)31-17-18-4-2-1-3-5-18)20-8-6-19(7-9-20)22-14-28-29-15-22;1-20-12-18(15-6-8-17(19)9-7-15)14-4-2-13(3-5-14)16-10-21-22-11-16/h1-15,24H,16-17H2,(H,27,30)(H,28,29);2-11,18,20H,12H2,1H3,(H,21,22). The second kappa shape index (κ2) is 18.2. The number of amides is 1. The Balaban J connectivity index is 0.000000192. The molecule has 268 valence electrons. The van der Waals surface area contributed by atoms with Crippen LogP contribution in [0.1, 0.15) is 39.7 Å². The van der Waals surface area contributed by atoms with Gasteiger partial charge in [-0.05, 0) is 70.3 Å². The molecular weight excluding hydrogens is 671 g/mol. The van der Waals surface area contributed by atoms with Crippen LogP contribution in [0.3, 0.4) is 0 Å². The number of hydrogen-bond donors (Lipinski definition) is 4. The van der Waals surface area contributed by atoms with Crippen molar-refractivity contribution in [2.24, 2.45) is 0 Å². The van der Waals surface area contributed by atoms with Crippen LogP contribution in [0.2, 0.25) is 0 Å². The van der Waals surface area contributed by atoms with E-state index in [-0.39, 0.29) is 30.1 Å². The molecule has 4 N–H and O–H groups in total. The fraction of sp³-hybridized carbons (Fsp3) is 0.140. The number of carbonyl (C=O) groups is 1. The number of aromatic amines is 2. The van der Waals surface area contributed by atoms with Gasteiger partial charge in [-0.1, -0.05) is 103 Å². The number of aromatic nitrogens is 4. The second-order valence-electron chi connectivity index (χ2n) is 12.4. The summed E-state index contributed by atoms with van der Waals surface area (Å²) in [5.74, 6) is -0.456. The van der Waals surface area contributed by atoms with E-state index in [0.29, 0.717) is 6.54 Å². The third kappa shape index (κ3) is 10.1. The van der Waals surface area contributed by atoms with E-state index in [4.69, 9.17) is 4.74 Å². The van der Waals surface area contributed by atoms with Gasteiger partial charge in [0, 0.05) is 48.4 Å². The van der Waals surface area contributed by atoms with Gasteiger partial charge in [0.1, 0.15) is 18.2 Å². The van der Waals surface area contributed by atoms with E-state index in [2.05, 4.69) is 55.3 Å². The predicted molar refractivity (Wildman–Crippen MR) is 203 cm³/mol. The maximum absolute atomic E-state index is 13.4. The molecule has 2 aromatic heterocycles. The zero-order valence-electron chi connectivity index (χ0n) is 29.2. The Hall–Kier alpha value is -6.39. The smallest absolute Gasteiger partial charge is 0.407 e. The van der Waals surface area contributed by atoms with Gasteiger partial charge in [-0.15, -0.1) is 0 Å². The topological polar surface area (TPSA) is 108 Å². The van der Waals surface area contributed by atoms with E-state index >= 15 is 0 Å². The first-order chi connectivity index (χ1) is 26.0. The summed E-state index contributed by atoms with van der Waals surface area (Å²) in [6, 6.07) is 39.0. The Morgan fingerprint density at radius 3 is 1.45 bits per heavy atom. The van der Waals surface area contributed by atoms with Crippen LogP contribution in [0.5, 0.6) is 0 Å². The lowest BCUT2D eigenvalue weighted by molar-refractivity contribution is 0.139. The van der Waals surface area contributed by atoms with E-state index in [1.54, 1.807) is 24.5 Å². The summed E-state index contributed by atoms with van der Waals surface area (Å²) >= 11 is 0. The van der Waals surface area contributed by atoms with Gasteiger partial charge in [-0.3, -0.25) is 10.2 Å². The molecule has 1 amide bonds. The van der Waals surface area contributed by atoms with Crippen molar-refractivity contribution < 1.29 is 18.3 Å². The third-order valence-corrected chi connectivity index (χ3v) is 8.91. The molecule has 0 bridgehead atoms. The first-order valence-electron chi connectivity index (χ1n) is 17.2. The monoisotopic (exact) mass is 710 g/mol. The Labute approximate surface area is 307 Å². The maximum atomic E-state index is 13.4. The van der Waals surface area contributed by atoms with Gasteiger partial charge >= 0.3 is 6.09 Å². The van der Waals surface area contributed by atoms with E-state index in [1.165, 1.54) is 29.8 Å². The molecule has 0 aliphatic carbocycles. The second-order valence-corrected chi connectivity index (χ2v) is 12.4. The number of ether oxygens (including phenoxy) is 1. The van der Waals surface area contributed by atoms with Crippen LogP contribution in [0.25, 0.3) is 22.3 Å². The van der Waals surface area contributed by atoms with Crippen LogP contribution < -0.4 is 10.6 Å². The number of hydrogen-bond acceptors (Lipinski definition) is 5. The Morgan fingerprint density at radius 1 is 0.604 bits per heavy atom. The van der Waals surface area contributed by atoms with Crippen molar-refractivity contribution in [2.75, 3.05) is 20.1 Å². The number of halogens is 2. The maximum Gasteiger partial charge on any atom is 0.407 e. The van der Waals surface area contributed by atoms with Crippen molar-refractivity contribution in [3.63, 3.8) is 0 Å². The lowest BCUT2D eigenvalue weighted by Gasteiger charge is -2.19. The van der Waals surface area contributed by atoms with Crippen LogP contribution in [-0.4, -0.2) is 46.6 Å². The Bertz CT molecular complexity index is 2110. The number of rotatable bonds is 12. The van der Waals surface area contributed by atoms with Gasteiger partial charge in [0.15, 0.2) is 0 Å². The highest BCUT2D eigenvalue weighted by Gasteiger charge is 2.17. The molecule has 0 saturated carbocycles. The van der Waals surface area contributed by atoms with Crippen molar-refractivity contribution in [3.8, 4) is 22.3 Å². The average Bonchev–Trinajstić information content (AvgIpc) is 3.95. The average molecular weight is 711 g/mol. The zero-order valence-corrected chi connectivity index (χ0v) is 29.2. The van der Waals surface area contributed by atoms with Gasteiger partial charge in [-0.2, -0.15) is 10.2 Å². The summed E-state index contributed by atoms with van der Waals surface area (Å²) in [6.45, 7) is 1.33. The van der Waals surface area contributed by atoms with Gasteiger partial charge in [0.2, 0.25) is 0 Å². The molecule has 8 nitrogen and oxygen atoms in total. The fourth-order valence-corrected chi connectivity index (χ4v) is 6.04. The molecule has 0 saturated heterocycles. The number of nitrogens with one attached hydrogen (secondary N) is 4. The van der Waals surface area contributed by atoms with Crippen LogP contribution in [-0.2, 0) is 11.3 Å². The van der Waals surface area contributed by atoms with Crippen LogP contribution >= 0.6 is 0 Å². The van der Waals surface area contributed by atoms with Gasteiger partial charge in [0.05, 0.1) is 12.4 Å². The molecule has 7 aromatic rings. The van der Waals surface area contributed by atoms with Crippen LogP contribution in [0, 0.1) is 11.6 Å². The molecule has 0 aliphatic rings. The minimum Gasteiger partial charge on any atom is -0.445 e. The summed E-state index contributed by atoms with van der Waals surface area (Å²) in [7, 11) is 1.93. The summed E-state index contributed by atoms with van der Waals surface area (Å²) in [4.78, 5) is 12.2. The zero-order chi connectivity index (χ0) is 36.8. The van der Waals surface area contributed by atoms with Crippen LogP contribution in [0.4, 0.5) is 13.6 Å². The predicted octanol–water partition coefficient (Wildman–Crippen LogP) is 8.84. The van der Waals surface area contributed by atoms with Crippen molar-refractivity contribution >= 4 is 6.09 Å². The van der Waals surface area contributed by atoms with Gasteiger partial charge in [0.25, 0.3) is 0 Å². The fourth-order valence-electron chi connectivity index (χ4n) is 6.04. The molecule has 2 atom stereocenters. The number of nitrogens with zero attached hydrogens (tertiary/aromatic N) is 2. The van der Waals surface area contributed by atoms with E-state index in [0.717, 1.165) is 51.1 Å². The highest BCUT2D eigenvalue weighted by Crippen LogP contribution is 2.29. The highest BCUT2D eigenvalue weighted by atomic mass is 19.1. The first kappa shape index (κ1) is 36.4. The van der Waals surface area contributed by atoms with Crippen molar-refractivity contribution in [1.29, 1.82) is 0 Å². The minimum absolute atomic E-state index is 0.150. The SMILES string of the molecule is CNCC(c1ccc(F)cc1)c1ccc(-c2cn[nH]c2)cc1.O=C(NCC(c1ccc(F)cc1)c1ccc(-c2cn[nH]c2)cc1)OCc1ccccc1. The normalized spacial score (nSPS) is 11.9. The third-order valence-electron chi connectivity index (χ3n) is 8.91. The van der Waals surface area contributed by atoms with Crippen molar-refractivity contribution in [2.45, 2.75) is 18.4 Å². The highest BCUT2D eigenvalue weighted by molar-refractivity contribution is 5.67. The van der Waals surface area contributed by atoms with E-state index in [9.17, 15) is 13.6 Å². The molecule has 0 spiro atoms. The summed E-state index contributed by atoms with van der Waals surface area (Å²) in [5, 5.41) is 19.6. The molecule has 2 unspecified atom stereocenters. The molecule has 2 heterocycles.